The lowest BCUT2D eigenvalue weighted by molar-refractivity contribution is -0.135. The molecule has 2 unspecified atom stereocenters. The van der Waals surface area contributed by atoms with Gasteiger partial charge in [0.25, 0.3) is 0 Å². The zero-order valence-electron chi connectivity index (χ0n) is 10.7. The molecule has 0 bridgehead atoms. The minimum atomic E-state index is -0.295. The molecular formula is C13H22N2O2. The molecule has 2 aliphatic rings. The lowest BCUT2D eigenvalue weighted by atomic mass is 10.1. The lowest BCUT2D eigenvalue weighted by Crippen LogP contribution is -2.48. The van der Waals surface area contributed by atoms with E-state index in [9.17, 15) is 9.59 Å². The van der Waals surface area contributed by atoms with Crippen LogP contribution in [0.15, 0.2) is 0 Å². The van der Waals surface area contributed by atoms with Crippen LogP contribution in [0.25, 0.3) is 0 Å². The van der Waals surface area contributed by atoms with Gasteiger partial charge in [0.15, 0.2) is 0 Å². The summed E-state index contributed by atoms with van der Waals surface area (Å²) in [6.07, 6.45) is 4.57. The Morgan fingerprint density at radius 1 is 1.41 bits per heavy atom. The highest BCUT2D eigenvalue weighted by Crippen LogP contribution is 2.35. The van der Waals surface area contributed by atoms with Crippen LogP contribution >= 0.6 is 0 Å². The van der Waals surface area contributed by atoms with Crippen LogP contribution in [0.4, 0.5) is 0 Å². The molecule has 0 aromatic heterocycles. The Kier molecular flexibility index (Phi) is 3.69. The largest absolute Gasteiger partial charge is 0.344 e. The fourth-order valence-corrected chi connectivity index (χ4v) is 2.58. The highest BCUT2D eigenvalue weighted by molar-refractivity contribution is 5.90. The summed E-state index contributed by atoms with van der Waals surface area (Å²) in [6, 6.07) is 0.00533. The maximum absolute atomic E-state index is 12.4. The Hall–Kier alpha value is -1.06. The van der Waals surface area contributed by atoms with Crippen LogP contribution in [0.5, 0.6) is 0 Å². The van der Waals surface area contributed by atoms with Crippen LogP contribution < -0.4 is 5.32 Å². The van der Waals surface area contributed by atoms with Crippen LogP contribution in [-0.4, -0.2) is 35.3 Å². The molecule has 0 radical (unpaired) electrons. The van der Waals surface area contributed by atoms with Crippen molar-refractivity contribution >= 4 is 11.8 Å². The summed E-state index contributed by atoms with van der Waals surface area (Å²) in [5.74, 6) is 0.800. The zero-order chi connectivity index (χ0) is 12.4. The van der Waals surface area contributed by atoms with E-state index in [0.29, 0.717) is 24.9 Å². The average molecular weight is 238 g/mol. The van der Waals surface area contributed by atoms with Gasteiger partial charge in [0, 0.05) is 19.0 Å². The van der Waals surface area contributed by atoms with Crippen molar-refractivity contribution in [3.63, 3.8) is 0 Å². The third-order valence-electron chi connectivity index (χ3n) is 3.87. The molecule has 2 rings (SSSR count). The molecule has 96 valence electrons. The predicted molar refractivity (Wildman–Crippen MR) is 65.4 cm³/mol. The van der Waals surface area contributed by atoms with Gasteiger partial charge in [-0.05, 0) is 32.1 Å². The summed E-state index contributed by atoms with van der Waals surface area (Å²) >= 11 is 0. The van der Waals surface area contributed by atoms with Crippen molar-refractivity contribution in [2.45, 2.75) is 58.0 Å². The fraction of sp³-hybridized carbons (Fsp3) is 0.846. The van der Waals surface area contributed by atoms with Gasteiger partial charge in [0.2, 0.25) is 11.8 Å². The Morgan fingerprint density at radius 2 is 2.12 bits per heavy atom. The first-order valence-corrected chi connectivity index (χ1v) is 6.73. The van der Waals surface area contributed by atoms with E-state index < -0.39 is 0 Å². The Morgan fingerprint density at radius 3 is 2.71 bits per heavy atom. The van der Waals surface area contributed by atoms with E-state index in [0.717, 1.165) is 12.8 Å². The third kappa shape index (κ3) is 2.79. The monoisotopic (exact) mass is 238 g/mol. The van der Waals surface area contributed by atoms with E-state index in [1.807, 2.05) is 11.8 Å². The maximum Gasteiger partial charge on any atom is 0.245 e. The van der Waals surface area contributed by atoms with Gasteiger partial charge in [-0.3, -0.25) is 9.59 Å². The Bertz CT molecular complexity index is 313. The number of carbonyl (C=O) groups excluding carboxylic acids is 2. The van der Waals surface area contributed by atoms with E-state index in [1.54, 1.807) is 0 Å². The molecule has 2 atom stereocenters. The average Bonchev–Trinajstić information content (AvgIpc) is 3.11. The smallest absolute Gasteiger partial charge is 0.245 e. The van der Waals surface area contributed by atoms with Crippen molar-refractivity contribution in [3.8, 4) is 0 Å². The minimum Gasteiger partial charge on any atom is -0.344 e. The van der Waals surface area contributed by atoms with Gasteiger partial charge >= 0.3 is 0 Å². The van der Waals surface area contributed by atoms with Crippen molar-refractivity contribution < 1.29 is 9.59 Å². The standard InChI is InChI=1S/C13H22N2O2/c1-3-4-11-13(17)15(8-7-12(16)14-11)9(2)10-5-6-10/h9-11H,3-8H2,1-2H3,(H,14,16). The first kappa shape index (κ1) is 12.4. The van der Waals surface area contributed by atoms with E-state index in [2.05, 4.69) is 12.2 Å². The minimum absolute atomic E-state index is 0.0160. The van der Waals surface area contributed by atoms with Gasteiger partial charge in [-0.15, -0.1) is 0 Å². The third-order valence-corrected chi connectivity index (χ3v) is 3.87. The molecule has 4 heteroatoms. The van der Waals surface area contributed by atoms with Crippen molar-refractivity contribution in [1.29, 1.82) is 0 Å². The Labute approximate surface area is 103 Å². The number of carbonyl (C=O) groups is 2. The quantitative estimate of drug-likeness (QED) is 0.802. The van der Waals surface area contributed by atoms with Gasteiger partial charge in [-0.1, -0.05) is 13.3 Å². The SMILES string of the molecule is CCCC1NC(=O)CCN(C(C)C2CC2)C1=O. The molecule has 1 aliphatic carbocycles. The predicted octanol–water partition coefficient (Wildman–Crippen LogP) is 1.30. The number of hydrogen-bond acceptors (Lipinski definition) is 2. The first-order valence-electron chi connectivity index (χ1n) is 6.73. The van der Waals surface area contributed by atoms with E-state index in [-0.39, 0.29) is 17.9 Å². The molecule has 2 amide bonds. The Balaban J connectivity index is 2.08. The molecule has 1 saturated heterocycles. The highest BCUT2D eigenvalue weighted by atomic mass is 16.2. The molecule has 0 spiro atoms. The van der Waals surface area contributed by atoms with E-state index >= 15 is 0 Å². The topological polar surface area (TPSA) is 49.4 Å². The number of rotatable bonds is 4. The van der Waals surface area contributed by atoms with E-state index in [1.165, 1.54) is 12.8 Å². The molecule has 0 aromatic rings. The highest BCUT2D eigenvalue weighted by Gasteiger charge is 2.38. The van der Waals surface area contributed by atoms with Gasteiger partial charge < -0.3 is 10.2 Å². The lowest BCUT2D eigenvalue weighted by Gasteiger charge is -2.30. The van der Waals surface area contributed by atoms with Crippen molar-refractivity contribution in [1.82, 2.24) is 10.2 Å². The second-order valence-corrected chi connectivity index (χ2v) is 5.27. The summed E-state index contributed by atoms with van der Waals surface area (Å²) < 4.78 is 0. The summed E-state index contributed by atoms with van der Waals surface area (Å²) in [5.41, 5.74) is 0. The number of nitrogens with zero attached hydrogens (tertiary/aromatic N) is 1. The number of nitrogens with one attached hydrogen (secondary N) is 1. The summed E-state index contributed by atoms with van der Waals surface area (Å²) in [5, 5.41) is 2.84. The summed E-state index contributed by atoms with van der Waals surface area (Å²) in [6.45, 7) is 4.75. The molecule has 4 nitrogen and oxygen atoms in total. The van der Waals surface area contributed by atoms with E-state index in [4.69, 9.17) is 0 Å². The van der Waals surface area contributed by atoms with Crippen LogP contribution in [-0.2, 0) is 9.59 Å². The van der Waals surface area contributed by atoms with Crippen LogP contribution in [0.3, 0.4) is 0 Å². The molecule has 1 aliphatic heterocycles. The molecule has 2 fully saturated rings. The first-order chi connectivity index (χ1) is 8.13. The fourth-order valence-electron chi connectivity index (χ4n) is 2.58. The second-order valence-electron chi connectivity index (χ2n) is 5.27. The molecule has 1 saturated carbocycles. The molecule has 17 heavy (non-hydrogen) atoms. The molecule has 1 N–H and O–H groups in total. The van der Waals surface area contributed by atoms with Crippen LogP contribution in [0, 0.1) is 5.92 Å². The second kappa shape index (κ2) is 5.07. The van der Waals surface area contributed by atoms with Crippen molar-refractivity contribution in [3.05, 3.63) is 0 Å². The summed E-state index contributed by atoms with van der Waals surface area (Å²) in [4.78, 5) is 25.9. The number of amides is 2. The maximum atomic E-state index is 12.4. The van der Waals surface area contributed by atoms with Crippen LogP contribution in [0.1, 0.15) is 46.0 Å². The number of hydrogen-bond donors (Lipinski definition) is 1. The molecule has 1 heterocycles. The van der Waals surface area contributed by atoms with Gasteiger partial charge in [-0.25, -0.2) is 0 Å². The van der Waals surface area contributed by atoms with Crippen molar-refractivity contribution in [2.24, 2.45) is 5.92 Å². The molecule has 0 aromatic carbocycles. The van der Waals surface area contributed by atoms with Crippen LogP contribution in [0.2, 0.25) is 0 Å². The summed E-state index contributed by atoms with van der Waals surface area (Å²) in [7, 11) is 0. The van der Waals surface area contributed by atoms with Gasteiger partial charge in [0.05, 0.1) is 0 Å². The van der Waals surface area contributed by atoms with Gasteiger partial charge in [-0.2, -0.15) is 0 Å². The van der Waals surface area contributed by atoms with Gasteiger partial charge in [0.1, 0.15) is 6.04 Å². The normalized spacial score (nSPS) is 27.6. The zero-order valence-corrected chi connectivity index (χ0v) is 10.7. The molecular weight excluding hydrogens is 216 g/mol. The van der Waals surface area contributed by atoms with Crippen molar-refractivity contribution in [2.75, 3.05) is 6.54 Å².